The molecule has 0 spiro atoms. The third-order valence-corrected chi connectivity index (χ3v) is 2.95. The van der Waals surface area contributed by atoms with E-state index in [0.717, 1.165) is 31.6 Å². The number of anilines is 1. The van der Waals surface area contributed by atoms with Crippen LogP contribution in [0.2, 0.25) is 0 Å². The van der Waals surface area contributed by atoms with Crippen LogP contribution in [0.1, 0.15) is 25.3 Å². The zero-order valence-electron chi connectivity index (χ0n) is 11.9. The second kappa shape index (κ2) is 8.15. The summed E-state index contributed by atoms with van der Waals surface area (Å²) in [6, 6.07) is 12.2. The number of benzene rings is 1. The van der Waals surface area contributed by atoms with Crippen molar-refractivity contribution < 1.29 is 4.74 Å². The maximum Gasteiger partial charge on any atom is 0.218 e. The number of aromatic nitrogens is 2. The van der Waals surface area contributed by atoms with Crippen molar-refractivity contribution in [2.24, 2.45) is 0 Å². The smallest absolute Gasteiger partial charge is 0.218 e. The van der Waals surface area contributed by atoms with E-state index >= 15 is 0 Å². The van der Waals surface area contributed by atoms with Crippen molar-refractivity contribution >= 4 is 5.82 Å². The number of ether oxygens (including phenoxy) is 1. The van der Waals surface area contributed by atoms with Crippen molar-refractivity contribution in [1.29, 1.82) is 0 Å². The molecule has 1 aromatic heterocycles. The summed E-state index contributed by atoms with van der Waals surface area (Å²) < 4.78 is 5.56. The highest BCUT2D eigenvalue weighted by molar-refractivity contribution is 5.37. The summed E-state index contributed by atoms with van der Waals surface area (Å²) in [5.41, 5.74) is 1.31. The van der Waals surface area contributed by atoms with Gasteiger partial charge in [0.25, 0.3) is 0 Å². The summed E-state index contributed by atoms with van der Waals surface area (Å²) in [7, 11) is 0. The lowest BCUT2D eigenvalue weighted by atomic mass is 10.1. The number of hydrogen-bond acceptors (Lipinski definition) is 4. The third kappa shape index (κ3) is 4.88. The molecule has 106 valence electrons. The van der Waals surface area contributed by atoms with Crippen LogP contribution < -0.4 is 10.1 Å². The SMILES string of the molecule is CCCCOc1cc(NCCc2ccccc2)ncn1. The van der Waals surface area contributed by atoms with E-state index in [1.165, 1.54) is 11.9 Å². The van der Waals surface area contributed by atoms with Gasteiger partial charge in [0.15, 0.2) is 0 Å². The molecule has 0 radical (unpaired) electrons. The number of rotatable bonds is 8. The lowest BCUT2D eigenvalue weighted by Crippen LogP contribution is -2.07. The Labute approximate surface area is 120 Å². The van der Waals surface area contributed by atoms with Crippen LogP contribution in [0.5, 0.6) is 5.88 Å². The molecule has 0 aliphatic carbocycles. The van der Waals surface area contributed by atoms with Crippen molar-refractivity contribution in [1.82, 2.24) is 9.97 Å². The van der Waals surface area contributed by atoms with Crippen LogP contribution in [0.15, 0.2) is 42.7 Å². The van der Waals surface area contributed by atoms with Crippen molar-refractivity contribution in [3.05, 3.63) is 48.3 Å². The standard InChI is InChI=1S/C16H21N3O/c1-2-3-11-20-16-12-15(18-13-19-16)17-10-9-14-7-5-4-6-8-14/h4-8,12-13H,2-3,9-11H2,1H3,(H,17,18,19). The minimum atomic E-state index is 0.635. The normalized spacial score (nSPS) is 10.2. The lowest BCUT2D eigenvalue weighted by Gasteiger charge is -2.08. The Morgan fingerprint density at radius 3 is 2.80 bits per heavy atom. The highest BCUT2D eigenvalue weighted by atomic mass is 16.5. The van der Waals surface area contributed by atoms with Crippen LogP contribution in [0, 0.1) is 0 Å². The molecule has 20 heavy (non-hydrogen) atoms. The Morgan fingerprint density at radius 1 is 1.15 bits per heavy atom. The first-order chi connectivity index (χ1) is 9.88. The van der Waals surface area contributed by atoms with Gasteiger partial charge in [-0.05, 0) is 18.4 Å². The summed E-state index contributed by atoms with van der Waals surface area (Å²) in [5, 5.41) is 3.29. The van der Waals surface area contributed by atoms with Crippen molar-refractivity contribution in [3.8, 4) is 5.88 Å². The van der Waals surface area contributed by atoms with E-state index in [-0.39, 0.29) is 0 Å². The third-order valence-electron chi connectivity index (χ3n) is 2.95. The van der Waals surface area contributed by atoms with Crippen LogP contribution in [-0.2, 0) is 6.42 Å². The van der Waals surface area contributed by atoms with Gasteiger partial charge in [0.1, 0.15) is 12.1 Å². The van der Waals surface area contributed by atoms with E-state index in [9.17, 15) is 0 Å². The predicted octanol–water partition coefficient (Wildman–Crippen LogP) is 3.31. The Balaban J connectivity index is 1.79. The number of nitrogens with one attached hydrogen (secondary N) is 1. The molecule has 1 aromatic carbocycles. The molecule has 2 rings (SSSR count). The van der Waals surface area contributed by atoms with E-state index in [1.807, 2.05) is 12.1 Å². The molecule has 0 aliphatic heterocycles. The van der Waals surface area contributed by atoms with E-state index < -0.39 is 0 Å². The van der Waals surface area contributed by atoms with Gasteiger partial charge in [0, 0.05) is 12.6 Å². The van der Waals surface area contributed by atoms with Crippen LogP contribution in [0.3, 0.4) is 0 Å². The average molecular weight is 271 g/mol. The van der Waals surface area contributed by atoms with E-state index in [4.69, 9.17) is 4.74 Å². The van der Waals surface area contributed by atoms with E-state index in [2.05, 4.69) is 46.5 Å². The molecule has 1 heterocycles. The monoisotopic (exact) mass is 271 g/mol. The summed E-state index contributed by atoms with van der Waals surface area (Å²) in [4.78, 5) is 8.30. The van der Waals surface area contributed by atoms with Gasteiger partial charge in [0.2, 0.25) is 5.88 Å². The van der Waals surface area contributed by atoms with Gasteiger partial charge in [-0.2, -0.15) is 0 Å². The fourth-order valence-electron chi connectivity index (χ4n) is 1.82. The predicted molar refractivity (Wildman–Crippen MR) is 81.1 cm³/mol. The van der Waals surface area contributed by atoms with E-state index in [1.54, 1.807) is 0 Å². The average Bonchev–Trinajstić information content (AvgIpc) is 2.49. The number of unbranched alkanes of at least 4 members (excludes halogenated alkanes) is 1. The fraction of sp³-hybridized carbons (Fsp3) is 0.375. The topological polar surface area (TPSA) is 47.0 Å². The maximum atomic E-state index is 5.56. The molecule has 0 aliphatic rings. The molecule has 4 heteroatoms. The molecule has 0 fully saturated rings. The fourth-order valence-corrected chi connectivity index (χ4v) is 1.82. The van der Waals surface area contributed by atoms with Crippen molar-refractivity contribution in [3.63, 3.8) is 0 Å². The molecule has 0 saturated heterocycles. The van der Waals surface area contributed by atoms with Crippen LogP contribution in [-0.4, -0.2) is 23.1 Å². The van der Waals surface area contributed by atoms with Gasteiger partial charge < -0.3 is 10.1 Å². The molecular weight excluding hydrogens is 250 g/mol. The van der Waals surface area contributed by atoms with Crippen molar-refractivity contribution in [2.45, 2.75) is 26.2 Å². The molecule has 1 N–H and O–H groups in total. The summed E-state index contributed by atoms with van der Waals surface area (Å²) in [6.07, 6.45) is 4.66. The first-order valence-electron chi connectivity index (χ1n) is 7.11. The molecular formula is C16H21N3O. The summed E-state index contributed by atoms with van der Waals surface area (Å²) in [6.45, 7) is 3.69. The van der Waals surface area contributed by atoms with Crippen LogP contribution >= 0.6 is 0 Å². The molecule has 0 atom stereocenters. The van der Waals surface area contributed by atoms with Gasteiger partial charge in [-0.3, -0.25) is 0 Å². The quantitative estimate of drug-likeness (QED) is 0.748. The minimum Gasteiger partial charge on any atom is -0.478 e. The van der Waals surface area contributed by atoms with Gasteiger partial charge in [-0.1, -0.05) is 43.7 Å². The molecule has 2 aromatic rings. The first-order valence-corrected chi connectivity index (χ1v) is 7.11. The Hall–Kier alpha value is -2.10. The lowest BCUT2D eigenvalue weighted by molar-refractivity contribution is 0.297. The summed E-state index contributed by atoms with van der Waals surface area (Å²) in [5.74, 6) is 1.44. The first kappa shape index (κ1) is 14.3. The van der Waals surface area contributed by atoms with Gasteiger partial charge in [-0.25, -0.2) is 9.97 Å². The largest absolute Gasteiger partial charge is 0.478 e. The Kier molecular flexibility index (Phi) is 5.83. The number of nitrogens with zero attached hydrogens (tertiary/aromatic N) is 2. The van der Waals surface area contributed by atoms with E-state index in [0.29, 0.717) is 12.5 Å². The highest BCUT2D eigenvalue weighted by Gasteiger charge is 1.99. The molecule has 4 nitrogen and oxygen atoms in total. The van der Waals surface area contributed by atoms with Gasteiger partial charge in [0.05, 0.1) is 6.61 Å². The van der Waals surface area contributed by atoms with Gasteiger partial charge in [-0.15, -0.1) is 0 Å². The Morgan fingerprint density at radius 2 is 2.00 bits per heavy atom. The summed E-state index contributed by atoms with van der Waals surface area (Å²) >= 11 is 0. The van der Waals surface area contributed by atoms with Crippen LogP contribution in [0.4, 0.5) is 5.82 Å². The Bertz CT molecular complexity index is 502. The van der Waals surface area contributed by atoms with Crippen LogP contribution in [0.25, 0.3) is 0 Å². The molecule has 0 amide bonds. The second-order valence-electron chi connectivity index (χ2n) is 4.61. The molecule has 0 saturated carbocycles. The maximum absolute atomic E-state index is 5.56. The minimum absolute atomic E-state index is 0.635. The van der Waals surface area contributed by atoms with Gasteiger partial charge >= 0.3 is 0 Å². The van der Waals surface area contributed by atoms with Crippen molar-refractivity contribution in [2.75, 3.05) is 18.5 Å². The zero-order chi connectivity index (χ0) is 14.0. The zero-order valence-corrected chi connectivity index (χ0v) is 11.9. The second-order valence-corrected chi connectivity index (χ2v) is 4.61. The molecule has 0 bridgehead atoms. The molecule has 0 unspecified atom stereocenters. The highest BCUT2D eigenvalue weighted by Crippen LogP contribution is 2.11. The number of hydrogen-bond donors (Lipinski definition) is 1.